The summed E-state index contributed by atoms with van der Waals surface area (Å²) in [6.45, 7) is 5.22. The van der Waals surface area contributed by atoms with Crippen molar-refractivity contribution < 1.29 is 19.4 Å². The van der Waals surface area contributed by atoms with E-state index in [1.807, 2.05) is 91.0 Å². The molecule has 5 nitrogen and oxygen atoms in total. The van der Waals surface area contributed by atoms with Gasteiger partial charge in [0.2, 0.25) is 0 Å². The number of nitrogens with one attached hydrogen (secondary N) is 1. The number of carboxylic acids is 1. The highest BCUT2D eigenvalue weighted by atomic mass is 35.5. The molecule has 36 heavy (non-hydrogen) atoms. The zero-order valence-corrected chi connectivity index (χ0v) is 22.8. The Balaban J connectivity index is 0.00000145. The SMILES string of the molecule is CC(C)(C)OC(=O)NC(CSC(c1ccccc1)(c1ccccc1)c1ccccc1)C(=O)O.ClCCl. The van der Waals surface area contributed by atoms with Crippen LogP contribution in [0.25, 0.3) is 0 Å². The number of halogens is 2. The van der Waals surface area contributed by atoms with E-state index in [-0.39, 0.29) is 11.1 Å². The molecule has 1 unspecified atom stereocenters. The summed E-state index contributed by atoms with van der Waals surface area (Å²) < 4.78 is 4.61. The van der Waals surface area contributed by atoms with Crippen LogP contribution in [0.5, 0.6) is 0 Å². The molecule has 0 aliphatic heterocycles. The summed E-state index contributed by atoms with van der Waals surface area (Å²) in [5, 5.41) is 12.6. The zero-order chi connectivity index (χ0) is 26.6. The molecule has 0 bridgehead atoms. The monoisotopic (exact) mass is 547 g/mol. The molecule has 0 aromatic heterocycles. The quantitative estimate of drug-likeness (QED) is 0.232. The summed E-state index contributed by atoms with van der Waals surface area (Å²) >= 11 is 11.0. The molecule has 192 valence electrons. The van der Waals surface area contributed by atoms with Gasteiger partial charge >= 0.3 is 12.1 Å². The van der Waals surface area contributed by atoms with E-state index in [2.05, 4.69) is 5.32 Å². The number of amides is 1. The Bertz CT molecular complexity index is 980. The van der Waals surface area contributed by atoms with Crippen molar-refractivity contribution in [1.29, 1.82) is 0 Å². The van der Waals surface area contributed by atoms with Crippen molar-refractivity contribution in [3.8, 4) is 0 Å². The molecule has 0 radical (unpaired) electrons. The largest absolute Gasteiger partial charge is 0.480 e. The van der Waals surface area contributed by atoms with Gasteiger partial charge in [0, 0.05) is 5.75 Å². The number of ether oxygens (including phenoxy) is 1. The average molecular weight is 549 g/mol. The Labute approximate surface area is 227 Å². The summed E-state index contributed by atoms with van der Waals surface area (Å²) in [5.41, 5.74) is 2.35. The molecule has 0 spiro atoms. The van der Waals surface area contributed by atoms with E-state index in [0.717, 1.165) is 16.7 Å². The van der Waals surface area contributed by atoms with Crippen LogP contribution in [0, 0.1) is 0 Å². The predicted octanol–water partition coefficient (Wildman–Crippen LogP) is 7.11. The summed E-state index contributed by atoms with van der Waals surface area (Å²) in [4.78, 5) is 24.3. The van der Waals surface area contributed by atoms with Crippen LogP contribution in [-0.2, 0) is 14.3 Å². The third-order valence-corrected chi connectivity index (χ3v) is 6.64. The van der Waals surface area contributed by atoms with Crippen LogP contribution in [-0.4, -0.2) is 39.9 Å². The van der Waals surface area contributed by atoms with Crippen molar-refractivity contribution in [3.63, 3.8) is 0 Å². The van der Waals surface area contributed by atoms with Crippen molar-refractivity contribution in [3.05, 3.63) is 108 Å². The van der Waals surface area contributed by atoms with Gasteiger partial charge in [-0.3, -0.25) is 0 Å². The highest BCUT2D eigenvalue weighted by Crippen LogP contribution is 2.48. The standard InChI is InChI=1S/C27H29NO4S.CH2Cl2/c1-26(2,3)32-25(31)28-23(24(29)30)19-33-27(20-13-7-4-8-14-20,21-15-9-5-10-16-21)22-17-11-6-12-18-22;2-1-3/h4-18,23H,19H2,1-3H3,(H,28,31)(H,29,30);1H2. The van der Waals surface area contributed by atoms with E-state index in [0.29, 0.717) is 0 Å². The summed E-state index contributed by atoms with van der Waals surface area (Å²) in [6.07, 6.45) is -0.750. The maximum Gasteiger partial charge on any atom is 0.408 e. The van der Waals surface area contributed by atoms with Gasteiger partial charge < -0.3 is 15.2 Å². The first-order chi connectivity index (χ1) is 17.1. The molecule has 0 saturated heterocycles. The van der Waals surface area contributed by atoms with Crippen LogP contribution in [0.3, 0.4) is 0 Å². The van der Waals surface area contributed by atoms with Crippen LogP contribution < -0.4 is 5.32 Å². The molecule has 2 N–H and O–H groups in total. The fraction of sp³-hybridized carbons (Fsp3) is 0.286. The van der Waals surface area contributed by atoms with Gasteiger partial charge in [-0.15, -0.1) is 35.0 Å². The van der Waals surface area contributed by atoms with Crippen molar-refractivity contribution in [2.75, 3.05) is 11.1 Å². The molecule has 0 saturated carbocycles. The Morgan fingerprint density at radius 2 is 1.19 bits per heavy atom. The maximum atomic E-state index is 12.3. The van der Waals surface area contributed by atoms with Crippen molar-refractivity contribution in [1.82, 2.24) is 5.32 Å². The van der Waals surface area contributed by atoms with E-state index in [1.54, 1.807) is 20.8 Å². The molecular weight excluding hydrogens is 517 g/mol. The number of carbonyl (C=O) groups is 2. The first kappa shape index (κ1) is 29.6. The number of benzene rings is 3. The summed E-state index contributed by atoms with van der Waals surface area (Å²) in [7, 11) is 0. The van der Waals surface area contributed by atoms with E-state index in [1.165, 1.54) is 11.8 Å². The molecule has 3 rings (SSSR count). The van der Waals surface area contributed by atoms with Crippen molar-refractivity contribution >= 4 is 47.0 Å². The third kappa shape index (κ3) is 8.47. The molecule has 3 aromatic rings. The molecule has 1 amide bonds. The van der Waals surface area contributed by atoms with E-state index < -0.39 is 28.5 Å². The normalized spacial score (nSPS) is 12.0. The number of aliphatic carboxylic acids is 1. The second kappa shape index (κ2) is 14.2. The first-order valence-electron chi connectivity index (χ1n) is 11.3. The fourth-order valence-corrected chi connectivity index (χ4v) is 5.15. The molecule has 8 heteroatoms. The summed E-state index contributed by atoms with van der Waals surface area (Å²) in [6, 6.07) is 28.9. The van der Waals surface area contributed by atoms with Gasteiger partial charge in [-0.25, -0.2) is 9.59 Å². The minimum atomic E-state index is -1.12. The van der Waals surface area contributed by atoms with Crippen LogP contribution in [0.2, 0.25) is 0 Å². The number of hydrogen-bond acceptors (Lipinski definition) is 4. The second-order valence-corrected chi connectivity index (χ2v) is 10.8. The number of hydrogen-bond donors (Lipinski definition) is 2. The van der Waals surface area contributed by atoms with E-state index in [9.17, 15) is 14.7 Å². The lowest BCUT2D eigenvalue weighted by Gasteiger charge is -2.36. The summed E-state index contributed by atoms with van der Waals surface area (Å²) in [5.74, 6) is -0.982. The molecule has 0 fully saturated rings. The van der Waals surface area contributed by atoms with Gasteiger partial charge in [-0.1, -0.05) is 91.0 Å². The Morgan fingerprint density at radius 3 is 1.50 bits per heavy atom. The fourth-order valence-electron chi connectivity index (χ4n) is 3.60. The van der Waals surface area contributed by atoms with Gasteiger partial charge in [0.05, 0.1) is 10.1 Å². The van der Waals surface area contributed by atoms with Crippen LogP contribution in [0.15, 0.2) is 91.0 Å². The van der Waals surface area contributed by atoms with Gasteiger partial charge in [0.15, 0.2) is 0 Å². The Morgan fingerprint density at radius 1 is 0.833 bits per heavy atom. The number of thioether (sulfide) groups is 1. The predicted molar refractivity (Wildman–Crippen MR) is 149 cm³/mol. The van der Waals surface area contributed by atoms with Gasteiger partial charge in [-0.2, -0.15) is 0 Å². The van der Waals surface area contributed by atoms with Crippen LogP contribution in [0.4, 0.5) is 4.79 Å². The minimum absolute atomic E-state index is 0.132. The number of rotatable bonds is 8. The number of carbonyl (C=O) groups excluding carboxylic acids is 1. The highest BCUT2D eigenvalue weighted by Gasteiger charge is 2.38. The topological polar surface area (TPSA) is 75.6 Å². The first-order valence-corrected chi connectivity index (χ1v) is 13.3. The lowest BCUT2D eigenvalue weighted by Crippen LogP contribution is -2.45. The molecule has 0 heterocycles. The van der Waals surface area contributed by atoms with Gasteiger partial charge in [0.1, 0.15) is 11.6 Å². The maximum absolute atomic E-state index is 12.3. The molecular formula is C28H31Cl2NO4S. The van der Waals surface area contributed by atoms with Crippen molar-refractivity contribution in [2.24, 2.45) is 0 Å². The Hall–Kier alpha value is -2.67. The van der Waals surface area contributed by atoms with Gasteiger partial charge in [0.25, 0.3) is 0 Å². The lowest BCUT2D eigenvalue weighted by atomic mass is 9.84. The molecule has 1 atom stereocenters. The smallest absolute Gasteiger partial charge is 0.408 e. The van der Waals surface area contributed by atoms with Crippen molar-refractivity contribution in [2.45, 2.75) is 37.2 Å². The van der Waals surface area contributed by atoms with E-state index in [4.69, 9.17) is 27.9 Å². The molecule has 0 aliphatic carbocycles. The van der Waals surface area contributed by atoms with Gasteiger partial charge in [-0.05, 0) is 37.5 Å². The highest BCUT2D eigenvalue weighted by molar-refractivity contribution is 8.00. The number of alkyl halides is 2. The molecule has 3 aromatic carbocycles. The Kier molecular flexibility index (Phi) is 11.6. The lowest BCUT2D eigenvalue weighted by molar-refractivity contribution is -0.138. The molecule has 0 aliphatic rings. The second-order valence-electron chi connectivity index (χ2n) is 8.73. The average Bonchev–Trinajstić information content (AvgIpc) is 2.85. The minimum Gasteiger partial charge on any atom is -0.480 e. The number of carboxylic acid groups (broad SMARTS) is 1. The zero-order valence-electron chi connectivity index (χ0n) is 20.5. The third-order valence-electron chi connectivity index (χ3n) is 5.00. The number of alkyl carbamates (subject to hydrolysis) is 1. The van der Waals surface area contributed by atoms with E-state index >= 15 is 0 Å². The van der Waals surface area contributed by atoms with Crippen LogP contribution in [0.1, 0.15) is 37.5 Å². The van der Waals surface area contributed by atoms with Crippen LogP contribution >= 0.6 is 35.0 Å².